The van der Waals surface area contributed by atoms with Crippen LogP contribution in [-0.4, -0.2) is 6.54 Å². The molecule has 1 heteroatoms. The van der Waals surface area contributed by atoms with E-state index in [1.165, 1.54) is 30.4 Å². The number of hydrogen-bond donors (Lipinski definition) is 1. The molecule has 0 amide bonds. The summed E-state index contributed by atoms with van der Waals surface area (Å²) in [6, 6.07) is 9.54. The summed E-state index contributed by atoms with van der Waals surface area (Å²) in [6.45, 7) is 10.3. The van der Waals surface area contributed by atoms with E-state index in [-0.39, 0.29) is 0 Å². The number of nitrogens with one attached hydrogen (secondary N) is 1. The van der Waals surface area contributed by atoms with Gasteiger partial charge in [0, 0.05) is 12.6 Å². The molecule has 1 aliphatic rings. The summed E-state index contributed by atoms with van der Waals surface area (Å²) in [5.41, 5.74) is 3.39. The van der Waals surface area contributed by atoms with Gasteiger partial charge in [-0.05, 0) is 42.2 Å². The van der Waals surface area contributed by atoms with Crippen molar-refractivity contribution < 1.29 is 0 Å². The van der Waals surface area contributed by atoms with Crippen LogP contribution in [0.3, 0.4) is 0 Å². The molecule has 0 heterocycles. The maximum atomic E-state index is 3.69. The van der Waals surface area contributed by atoms with Gasteiger partial charge >= 0.3 is 0 Å². The molecule has 1 saturated carbocycles. The molecular formula is C17H27N. The fourth-order valence-electron chi connectivity index (χ4n) is 2.64. The predicted molar refractivity (Wildman–Crippen MR) is 78.9 cm³/mol. The second-order valence-electron chi connectivity index (χ2n) is 6.59. The normalized spacial score (nSPS) is 19.6. The average Bonchev–Trinajstić information content (AvgIpc) is 2.33. The summed E-state index contributed by atoms with van der Waals surface area (Å²) < 4.78 is 0. The van der Waals surface area contributed by atoms with E-state index >= 15 is 0 Å². The third-order valence-electron chi connectivity index (χ3n) is 4.50. The van der Waals surface area contributed by atoms with Crippen molar-refractivity contribution in [3.05, 3.63) is 35.4 Å². The van der Waals surface area contributed by atoms with Gasteiger partial charge in [0.25, 0.3) is 0 Å². The molecule has 100 valence electrons. The molecule has 1 aromatic rings. The molecule has 18 heavy (non-hydrogen) atoms. The first-order valence-electron chi connectivity index (χ1n) is 7.33. The summed E-state index contributed by atoms with van der Waals surface area (Å²) in [6.07, 6.45) is 4.19. The van der Waals surface area contributed by atoms with Crippen LogP contribution in [0.2, 0.25) is 0 Å². The van der Waals surface area contributed by atoms with E-state index in [4.69, 9.17) is 0 Å². The van der Waals surface area contributed by atoms with E-state index in [1.807, 2.05) is 0 Å². The third kappa shape index (κ3) is 3.14. The van der Waals surface area contributed by atoms with Gasteiger partial charge in [-0.1, -0.05) is 51.5 Å². The first kappa shape index (κ1) is 13.6. The monoisotopic (exact) mass is 245 g/mol. The van der Waals surface area contributed by atoms with E-state index in [0.29, 0.717) is 17.4 Å². The fraction of sp³-hybridized carbons (Fsp3) is 0.647. The second-order valence-corrected chi connectivity index (χ2v) is 6.59. The van der Waals surface area contributed by atoms with Crippen molar-refractivity contribution in [3.8, 4) is 0 Å². The van der Waals surface area contributed by atoms with Crippen LogP contribution in [0.5, 0.6) is 0 Å². The van der Waals surface area contributed by atoms with Gasteiger partial charge in [0.1, 0.15) is 0 Å². The molecule has 1 N–H and O–H groups in total. The topological polar surface area (TPSA) is 12.0 Å². The maximum Gasteiger partial charge on any atom is 0.0292 e. The standard InChI is InChI=1S/C17H27N/c1-13(2)15-6-8-16(9-7-15)14(3)18-12-17(4)10-5-11-17/h6-9,13-14,18H,5,10-12H2,1-4H3. The van der Waals surface area contributed by atoms with Gasteiger partial charge in [-0.25, -0.2) is 0 Å². The Morgan fingerprint density at radius 2 is 1.61 bits per heavy atom. The number of rotatable bonds is 5. The molecule has 0 radical (unpaired) electrons. The van der Waals surface area contributed by atoms with Crippen molar-refractivity contribution in [3.63, 3.8) is 0 Å². The van der Waals surface area contributed by atoms with Crippen LogP contribution in [0.25, 0.3) is 0 Å². The number of benzene rings is 1. The van der Waals surface area contributed by atoms with Crippen molar-refractivity contribution >= 4 is 0 Å². The molecule has 0 spiro atoms. The highest BCUT2D eigenvalue weighted by molar-refractivity contribution is 5.26. The van der Waals surface area contributed by atoms with E-state index < -0.39 is 0 Å². The first-order chi connectivity index (χ1) is 8.50. The van der Waals surface area contributed by atoms with E-state index in [2.05, 4.69) is 57.3 Å². The molecule has 1 aliphatic carbocycles. The Labute approximate surface area is 112 Å². The van der Waals surface area contributed by atoms with Gasteiger partial charge in [0.05, 0.1) is 0 Å². The predicted octanol–water partition coefficient (Wildman–Crippen LogP) is 4.65. The smallest absolute Gasteiger partial charge is 0.0292 e. The highest BCUT2D eigenvalue weighted by Crippen LogP contribution is 2.39. The van der Waals surface area contributed by atoms with Crippen LogP contribution in [0, 0.1) is 5.41 Å². The summed E-state index contributed by atoms with van der Waals surface area (Å²) >= 11 is 0. The minimum atomic E-state index is 0.462. The van der Waals surface area contributed by atoms with Gasteiger partial charge in [-0.3, -0.25) is 0 Å². The molecule has 0 bridgehead atoms. The van der Waals surface area contributed by atoms with Crippen LogP contribution in [0.4, 0.5) is 0 Å². The lowest BCUT2D eigenvalue weighted by atomic mass is 9.70. The SMILES string of the molecule is CC(C)c1ccc(C(C)NCC2(C)CCC2)cc1. The molecule has 0 aromatic heterocycles. The highest BCUT2D eigenvalue weighted by Gasteiger charge is 2.31. The molecule has 1 nitrogen and oxygen atoms in total. The third-order valence-corrected chi connectivity index (χ3v) is 4.50. The van der Waals surface area contributed by atoms with Crippen LogP contribution < -0.4 is 5.32 Å². The maximum absolute atomic E-state index is 3.69. The zero-order valence-electron chi connectivity index (χ0n) is 12.3. The van der Waals surface area contributed by atoms with Gasteiger partial charge < -0.3 is 5.32 Å². The van der Waals surface area contributed by atoms with Crippen molar-refractivity contribution in [1.29, 1.82) is 0 Å². The van der Waals surface area contributed by atoms with Crippen LogP contribution in [-0.2, 0) is 0 Å². The van der Waals surface area contributed by atoms with Crippen LogP contribution in [0.1, 0.15) is 70.0 Å². The number of hydrogen-bond acceptors (Lipinski definition) is 1. The lowest BCUT2D eigenvalue weighted by Crippen LogP contribution is -2.38. The Morgan fingerprint density at radius 1 is 1.06 bits per heavy atom. The quantitative estimate of drug-likeness (QED) is 0.796. The summed E-state index contributed by atoms with van der Waals surface area (Å²) in [4.78, 5) is 0. The zero-order chi connectivity index (χ0) is 13.2. The Bertz CT molecular complexity index is 373. The van der Waals surface area contributed by atoms with Gasteiger partial charge in [0.15, 0.2) is 0 Å². The van der Waals surface area contributed by atoms with E-state index in [0.717, 1.165) is 6.54 Å². The Hall–Kier alpha value is -0.820. The minimum Gasteiger partial charge on any atom is -0.310 e. The van der Waals surface area contributed by atoms with Crippen molar-refractivity contribution in [2.75, 3.05) is 6.54 Å². The van der Waals surface area contributed by atoms with Crippen molar-refractivity contribution in [2.45, 2.75) is 58.9 Å². The van der Waals surface area contributed by atoms with Crippen LogP contribution in [0.15, 0.2) is 24.3 Å². The summed E-state index contributed by atoms with van der Waals surface area (Å²) in [7, 11) is 0. The van der Waals surface area contributed by atoms with Crippen LogP contribution >= 0.6 is 0 Å². The molecular weight excluding hydrogens is 218 g/mol. The average molecular weight is 245 g/mol. The molecule has 2 rings (SSSR count). The lowest BCUT2D eigenvalue weighted by molar-refractivity contribution is 0.152. The Morgan fingerprint density at radius 3 is 2.06 bits per heavy atom. The Balaban J connectivity index is 1.90. The van der Waals surface area contributed by atoms with Crippen molar-refractivity contribution in [1.82, 2.24) is 5.32 Å². The van der Waals surface area contributed by atoms with Crippen molar-refractivity contribution in [2.24, 2.45) is 5.41 Å². The zero-order valence-corrected chi connectivity index (χ0v) is 12.3. The molecule has 1 unspecified atom stereocenters. The fourth-order valence-corrected chi connectivity index (χ4v) is 2.64. The van der Waals surface area contributed by atoms with Gasteiger partial charge in [0.2, 0.25) is 0 Å². The summed E-state index contributed by atoms with van der Waals surface area (Å²) in [5, 5.41) is 3.69. The van der Waals surface area contributed by atoms with E-state index in [1.54, 1.807) is 0 Å². The van der Waals surface area contributed by atoms with Gasteiger partial charge in [-0.2, -0.15) is 0 Å². The van der Waals surface area contributed by atoms with Gasteiger partial charge in [-0.15, -0.1) is 0 Å². The molecule has 0 aliphatic heterocycles. The Kier molecular flexibility index (Phi) is 4.11. The molecule has 1 fully saturated rings. The molecule has 0 saturated heterocycles. The van der Waals surface area contributed by atoms with E-state index in [9.17, 15) is 0 Å². The molecule has 1 aromatic carbocycles. The highest BCUT2D eigenvalue weighted by atomic mass is 14.9. The summed E-state index contributed by atoms with van der Waals surface area (Å²) in [5.74, 6) is 0.621. The molecule has 1 atom stereocenters. The lowest BCUT2D eigenvalue weighted by Gasteiger charge is -2.39. The minimum absolute atomic E-state index is 0.462. The second kappa shape index (κ2) is 5.44. The first-order valence-corrected chi connectivity index (χ1v) is 7.33. The largest absolute Gasteiger partial charge is 0.310 e.